The minimum absolute atomic E-state index is 0.195. The molecule has 1 aromatic heterocycles. The van der Waals surface area contributed by atoms with Crippen LogP contribution in [0.1, 0.15) is 24.8 Å². The van der Waals surface area contributed by atoms with Crippen LogP contribution in [0.4, 0.5) is 0 Å². The second-order valence-corrected chi connectivity index (χ2v) is 4.29. The second kappa shape index (κ2) is 4.78. The Hall–Kier alpha value is -1.88. The van der Waals surface area contributed by atoms with Crippen molar-refractivity contribution in [1.82, 2.24) is 15.5 Å². The number of ether oxygens (including phenoxy) is 1. The summed E-state index contributed by atoms with van der Waals surface area (Å²) < 4.78 is 11.0. The molecule has 0 aliphatic carbocycles. The van der Waals surface area contributed by atoms with E-state index >= 15 is 0 Å². The van der Waals surface area contributed by atoms with E-state index in [2.05, 4.69) is 15.5 Å². The lowest BCUT2D eigenvalue weighted by atomic mass is 10.2. The van der Waals surface area contributed by atoms with Crippen molar-refractivity contribution in [3.63, 3.8) is 0 Å². The van der Waals surface area contributed by atoms with E-state index in [0.717, 1.165) is 30.7 Å². The van der Waals surface area contributed by atoms with E-state index in [1.165, 1.54) is 0 Å². The molecule has 2 heterocycles. The molecule has 2 aromatic rings. The van der Waals surface area contributed by atoms with Crippen LogP contribution in [-0.4, -0.2) is 23.9 Å². The molecule has 1 N–H and O–H groups in total. The summed E-state index contributed by atoms with van der Waals surface area (Å²) in [7, 11) is 1.63. The number of rotatable bonds is 3. The molecule has 5 heteroatoms. The molecule has 1 atom stereocenters. The molecule has 0 radical (unpaired) electrons. The van der Waals surface area contributed by atoms with Gasteiger partial charge in [0.05, 0.1) is 18.7 Å². The summed E-state index contributed by atoms with van der Waals surface area (Å²) in [5, 5.41) is 11.6. The van der Waals surface area contributed by atoms with Crippen molar-refractivity contribution < 1.29 is 9.15 Å². The number of para-hydroxylation sites is 1. The van der Waals surface area contributed by atoms with Crippen LogP contribution < -0.4 is 10.1 Å². The molecule has 3 rings (SSSR count). The Morgan fingerprint density at radius 1 is 1.33 bits per heavy atom. The Kier molecular flexibility index (Phi) is 2.98. The Morgan fingerprint density at radius 2 is 2.22 bits per heavy atom. The van der Waals surface area contributed by atoms with Crippen molar-refractivity contribution in [3.8, 4) is 17.2 Å². The molecule has 1 saturated heterocycles. The largest absolute Gasteiger partial charge is 0.496 e. The van der Waals surface area contributed by atoms with Crippen molar-refractivity contribution in [2.75, 3.05) is 13.7 Å². The fourth-order valence-electron chi connectivity index (χ4n) is 2.20. The molecule has 0 saturated carbocycles. The maximum absolute atomic E-state index is 5.73. The van der Waals surface area contributed by atoms with Gasteiger partial charge in [-0.2, -0.15) is 0 Å². The van der Waals surface area contributed by atoms with Crippen molar-refractivity contribution in [1.29, 1.82) is 0 Å². The third-order valence-corrected chi connectivity index (χ3v) is 3.14. The fraction of sp³-hybridized carbons (Fsp3) is 0.385. The van der Waals surface area contributed by atoms with E-state index in [-0.39, 0.29) is 6.04 Å². The predicted octanol–water partition coefficient (Wildman–Crippen LogP) is 2.17. The molecule has 18 heavy (non-hydrogen) atoms. The first-order chi connectivity index (χ1) is 8.88. The highest BCUT2D eigenvalue weighted by Gasteiger charge is 2.23. The molecule has 0 amide bonds. The van der Waals surface area contributed by atoms with Crippen molar-refractivity contribution in [3.05, 3.63) is 30.2 Å². The lowest BCUT2D eigenvalue weighted by Crippen LogP contribution is -2.12. The van der Waals surface area contributed by atoms with Gasteiger partial charge in [-0.1, -0.05) is 12.1 Å². The van der Waals surface area contributed by atoms with Gasteiger partial charge in [0.2, 0.25) is 5.89 Å². The van der Waals surface area contributed by atoms with E-state index in [9.17, 15) is 0 Å². The third-order valence-electron chi connectivity index (χ3n) is 3.14. The number of hydrogen-bond acceptors (Lipinski definition) is 5. The van der Waals surface area contributed by atoms with Crippen LogP contribution in [0.3, 0.4) is 0 Å². The Bertz CT molecular complexity index is 533. The van der Waals surface area contributed by atoms with Gasteiger partial charge in [-0.25, -0.2) is 0 Å². The van der Waals surface area contributed by atoms with Gasteiger partial charge < -0.3 is 14.5 Å². The van der Waals surface area contributed by atoms with E-state index in [4.69, 9.17) is 9.15 Å². The molecular formula is C13H15N3O2. The van der Waals surface area contributed by atoms with Crippen LogP contribution in [-0.2, 0) is 0 Å². The van der Waals surface area contributed by atoms with Gasteiger partial charge in [0, 0.05) is 0 Å². The molecule has 1 aromatic carbocycles. The minimum atomic E-state index is 0.195. The molecule has 0 spiro atoms. The number of nitrogens with one attached hydrogen (secondary N) is 1. The zero-order valence-corrected chi connectivity index (χ0v) is 10.2. The van der Waals surface area contributed by atoms with Gasteiger partial charge in [-0.15, -0.1) is 10.2 Å². The van der Waals surface area contributed by atoms with Gasteiger partial charge in [0.15, 0.2) is 0 Å². The molecule has 94 valence electrons. The first-order valence-corrected chi connectivity index (χ1v) is 6.08. The highest BCUT2D eigenvalue weighted by Crippen LogP contribution is 2.30. The van der Waals surface area contributed by atoms with Gasteiger partial charge in [-0.3, -0.25) is 0 Å². The first-order valence-electron chi connectivity index (χ1n) is 6.08. The summed E-state index contributed by atoms with van der Waals surface area (Å²) in [5.41, 5.74) is 0.830. The van der Waals surface area contributed by atoms with Crippen molar-refractivity contribution in [2.24, 2.45) is 0 Å². The summed E-state index contributed by atoms with van der Waals surface area (Å²) in [6.07, 6.45) is 2.20. The van der Waals surface area contributed by atoms with Crippen LogP contribution in [0.5, 0.6) is 5.75 Å². The number of methoxy groups -OCH3 is 1. The lowest BCUT2D eigenvalue weighted by molar-refractivity contribution is 0.410. The van der Waals surface area contributed by atoms with Crippen LogP contribution in [0.25, 0.3) is 11.5 Å². The van der Waals surface area contributed by atoms with E-state index < -0.39 is 0 Å². The fourth-order valence-corrected chi connectivity index (χ4v) is 2.20. The summed E-state index contributed by atoms with van der Waals surface area (Å²) in [6, 6.07) is 7.83. The summed E-state index contributed by atoms with van der Waals surface area (Å²) in [6.45, 7) is 1.01. The highest BCUT2D eigenvalue weighted by molar-refractivity contribution is 5.62. The minimum Gasteiger partial charge on any atom is -0.496 e. The summed E-state index contributed by atoms with van der Waals surface area (Å²) in [5.74, 6) is 1.91. The number of nitrogens with zero attached hydrogens (tertiary/aromatic N) is 2. The third kappa shape index (κ3) is 1.97. The monoisotopic (exact) mass is 245 g/mol. The highest BCUT2D eigenvalue weighted by atomic mass is 16.5. The molecule has 0 unspecified atom stereocenters. The van der Waals surface area contributed by atoms with Gasteiger partial charge >= 0.3 is 0 Å². The number of benzene rings is 1. The maximum atomic E-state index is 5.73. The SMILES string of the molecule is COc1ccccc1-c1nnc([C@@H]2CCCN2)o1. The van der Waals surface area contributed by atoms with E-state index in [1.54, 1.807) is 7.11 Å². The van der Waals surface area contributed by atoms with Crippen molar-refractivity contribution in [2.45, 2.75) is 18.9 Å². The Balaban J connectivity index is 1.92. The van der Waals surface area contributed by atoms with Gasteiger partial charge in [-0.05, 0) is 31.5 Å². The van der Waals surface area contributed by atoms with Gasteiger partial charge in [0.1, 0.15) is 5.75 Å². The summed E-state index contributed by atoms with van der Waals surface area (Å²) >= 11 is 0. The Labute approximate surface area is 105 Å². The summed E-state index contributed by atoms with van der Waals surface area (Å²) in [4.78, 5) is 0. The predicted molar refractivity (Wildman–Crippen MR) is 66.3 cm³/mol. The van der Waals surface area contributed by atoms with Crippen LogP contribution in [0, 0.1) is 0 Å². The first kappa shape index (κ1) is 11.2. The molecule has 0 bridgehead atoms. The van der Waals surface area contributed by atoms with E-state index in [0.29, 0.717) is 11.8 Å². The average molecular weight is 245 g/mol. The van der Waals surface area contributed by atoms with Crippen LogP contribution in [0.2, 0.25) is 0 Å². The zero-order chi connectivity index (χ0) is 12.4. The molecule has 1 aliphatic rings. The average Bonchev–Trinajstić information content (AvgIpc) is 3.09. The van der Waals surface area contributed by atoms with Crippen molar-refractivity contribution >= 4 is 0 Å². The topological polar surface area (TPSA) is 60.2 Å². The molecule has 1 fully saturated rings. The van der Waals surface area contributed by atoms with Crippen LogP contribution in [0.15, 0.2) is 28.7 Å². The molecular weight excluding hydrogens is 230 g/mol. The Morgan fingerprint density at radius 3 is 3.00 bits per heavy atom. The van der Waals surface area contributed by atoms with Crippen LogP contribution >= 0.6 is 0 Å². The standard InChI is InChI=1S/C13H15N3O2/c1-17-11-7-3-2-5-9(11)12-15-16-13(18-12)10-6-4-8-14-10/h2-3,5,7,10,14H,4,6,8H2,1H3/t10-/m0/s1. The molecule has 5 nitrogen and oxygen atoms in total. The molecule has 1 aliphatic heterocycles. The normalized spacial score (nSPS) is 19.1. The smallest absolute Gasteiger partial charge is 0.251 e. The lowest BCUT2D eigenvalue weighted by Gasteiger charge is -2.04. The van der Waals surface area contributed by atoms with Gasteiger partial charge in [0.25, 0.3) is 5.89 Å². The maximum Gasteiger partial charge on any atom is 0.251 e. The quantitative estimate of drug-likeness (QED) is 0.898. The number of aromatic nitrogens is 2. The van der Waals surface area contributed by atoms with E-state index in [1.807, 2.05) is 24.3 Å². The number of hydrogen-bond donors (Lipinski definition) is 1. The second-order valence-electron chi connectivity index (χ2n) is 4.29. The zero-order valence-electron chi connectivity index (χ0n) is 10.2.